The Labute approximate surface area is 95.7 Å². The van der Waals surface area contributed by atoms with E-state index in [9.17, 15) is 8.42 Å². The molecule has 0 bridgehead atoms. The van der Waals surface area contributed by atoms with E-state index < -0.39 is 9.84 Å². The summed E-state index contributed by atoms with van der Waals surface area (Å²) in [6.07, 6.45) is 0.654. The van der Waals surface area contributed by atoms with Gasteiger partial charge in [0.05, 0.1) is 9.80 Å². The maximum atomic E-state index is 12.0. The van der Waals surface area contributed by atoms with Crippen LogP contribution in [0.15, 0.2) is 52.4 Å². The molecule has 1 aromatic carbocycles. The predicted octanol–water partition coefficient (Wildman–Crippen LogP) is 1.90. The van der Waals surface area contributed by atoms with Gasteiger partial charge in [0.15, 0.2) is 0 Å². The smallest absolute Gasteiger partial charge is 0.209 e. The van der Waals surface area contributed by atoms with Crippen molar-refractivity contribution in [3.63, 3.8) is 0 Å². The maximum absolute atomic E-state index is 12.0. The summed E-state index contributed by atoms with van der Waals surface area (Å²) in [5.74, 6) is 0. The van der Waals surface area contributed by atoms with Crippen LogP contribution in [-0.2, 0) is 9.84 Å². The first kappa shape index (κ1) is 12.7. The highest BCUT2D eigenvalue weighted by Crippen LogP contribution is 2.21. The monoisotopic (exact) mass is 238 g/mol. The van der Waals surface area contributed by atoms with Crippen molar-refractivity contribution in [1.82, 2.24) is 0 Å². The van der Waals surface area contributed by atoms with E-state index in [2.05, 4.69) is 12.3 Å². The minimum Gasteiger partial charge on any atom is -0.396 e. The Balaban J connectivity index is 3.07. The molecule has 0 aliphatic rings. The molecule has 0 spiro atoms. The molecule has 0 atom stereocenters. The van der Waals surface area contributed by atoms with Crippen LogP contribution >= 0.6 is 0 Å². The van der Waals surface area contributed by atoms with Crippen LogP contribution in [0, 0.1) is 0 Å². The molecule has 0 radical (unpaired) electrons. The van der Waals surface area contributed by atoms with Crippen molar-refractivity contribution in [2.75, 3.05) is 6.61 Å². The summed E-state index contributed by atoms with van der Waals surface area (Å²) in [4.78, 5) is 0.367. The highest BCUT2D eigenvalue weighted by atomic mass is 32.2. The number of aliphatic hydroxyl groups excluding tert-OH is 1. The molecule has 0 aliphatic heterocycles. The van der Waals surface area contributed by atoms with Crippen molar-refractivity contribution in [1.29, 1.82) is 0 Å². The lowest BCUT2D eigenvalue weighted by Gasteiger charge is -2.05. The zero-order valence-electron chi connectivity index (χ0n) is 8.89. The van der Waals surface area contributed by atoms with Crippen molar-refractivity contribution in [2.24, 2.45) is 0 Å². The molecule has 4 heteroatoms. The molecule has 1 N–H and O–H groups in total. The fourth-order valence-corrected chi connectivity index (χ4v) is 2.70. The average molecular weight is 238 g/mol. The van der Waals surface area contributed by atoms with Crippen LogP contribution in [0.25, 0.3) is 0 Å². The zero-order chi connectivity index (χ0) is 12.0. The first-order chi connectivity index (χ1) is 7.62. The lowest BCUT2D eigenvalue weighted by atomic mass is 10.3. The van der Waals surface area contributed by atoms with Crippen LogP contribution in [0.2, 0.25) is 0 Å². The summed E-state index contributed by atoms with van der Waals surface area (Å²) < 4.78 is 24.1. The minimum atomic E-state index is -3.49. The molecule has 0 unspecified atom stereocenters. The van der Waals surface area contributed by atoms with Crippen molar-refractivity contribution in [3.8, 4) is 0 Å². The Morgan fingerprint density at radius 1 is 1.31 bits per heavy atom. The Hall–Kier alpha value is -1.35. The minimum absolute atomic E-state index is 0.0461. The first-order valence-corrected chi connectivity index (χ1v) is 6.41. The van der Waals surface area contributed by atoms with Gasteiger partial charge < -0.3 is 5.11 Å². The number of sulfone groups is 1. The normalized spacial score (nSPS) is 10.8. The van der Waals surface area contributed by atoms with Crippen molar-refractivity contribution in [3.05, 3.63) is 47.5 Å². The molecule has 0 saturated carbocycles. The molecule has 16 heavy (non-hydrogen) atoms. The van der Waals surface area contributed by atoms with E-state index in [4.69, 9.17) is 5.11 Å². The van der Waals surface area contributed by atoms with E-state index in [0.717, 1.165) is 0 Å². The maximum Gasteiger partial charge on any atom is 0.209 e. The molecular weight excluding hydrogens is 224 g/mol. The Kier molecular flexibility index (Phi) is 4.50. The summed E-state index contributed by atoms with van der Waals surface area (Å²) in [5.41, 5.74) is 2.44. The third-order valence-corrected chi connectivity index (χ3v) is 4.03. The molecule has 1 rings (SSSR count). The third kappa shape index (κ3) is 2.83. The third-order valence-electron chi connectivity index (χ3n) is 2.14. The number of benzene rings is 1. The van der Waals surface area contributed by atoms with Gasteiger partial charge >= 0.3 is 0 Å². The fraction of sp³-hybridized carbons (Fsp3) is 0.250. The summed E-state index contributed by atoms with van der Waals surface area (Å²) in [7, 11) is -3.49. The molecule has 3 nitrogen and oxygen atoms in total. The van der Waals surface area contributed by atoms with Crippen LogP contribution in [0.1, 0.15) is 12.8 Å². The molecule has 0 aliphatic carbocycles. The second-order valence-electron chi connectivity index (χ2n) is 3.24. The number of allylic oxidation sites excluding steroid dienone is 1. The van der Waals surface area contributed by atoms with Gasteiger partial charge in [0, 0.05) is 6.61 Å². The largest absolute Gasteiger partial charge is 0.396 e. The predicted molar refractivity (Wildman–Crippen MR) is 62.6 cm³/mol. The lowest BCUT2D eigenvalue weighted by Crippen LogP contribution is -2.04. The van der Waals surface area contributed by atoms with E-state index in [1.54, 1.807) is 18.2 Å². The van der Waals surface area contributed by atoms with Crippen molar-refractivity contribution < 1.29 is 13.5 Å². The molecule has 1 aromatic rings. The van der Waals surface area contributed by atoms with Crippen molar-refractivity contribution >= 4 is 9.84 Å². The summed E-state index contributed by atoms with van der Waals surface area (Å²) >= 11 is 0. The highest BCUT2D eigenvalue weighted by molar-refractivity contribution is 7.95. The van der Waals surface area contributed by atoms with Gasteiger partial charge in [-0.2, -0.15) is 0 Å². The Morgan fingerprint density at radius 3 is 2.44 bits per heavy atom. The van der Waals surface area contributed by atoms with E-state index in [1.807, 2.05) is 0 Å². The quantitative estimate of drug-likeness (QED) is 0.797. The lowest BCUT2D eigenvalue weighted by molar-refractivity contribution is 0.289. The second-order valence-corrected chi connectivity index (χ2v) is 5.21. The molecule has 0 heterocycles. The van der Waals surface area contributed by atoms with Crippen molar-refractivity contribution in [2.45, 2.75) is 17.7 Å². The number of hydrogen-bond donors (Lipinski definition) is 1. The van der Waals surface area contributed by atoms with Crippen LogP contribution in [0.3, 0.4) is 0 Å². The van der Waals surface area contributed by atoms with Crippen LogP contribution in [0.4, 0.5) is 0 Å². The summed E-state index contributed by atoms with van der Waals surface area (Å²) in [6, 6.07) is 8.15. The van der Waals surface area contributed by atoms with Gasteiger partial charge in [-0.3, -0.25) is 0 Å². The van der Waals surface area contributed by atoms with Crippen LogP contribution < -0.4 is 0 Å². The number of hydrogen-bond acceptors (Lipinski definition) is 3. The van der Waals surface area contributed by atoms with Gasteiger partial charge in [0.1, 0.15) is 0 Å². The van der Waals surface area contributed by atoms with Crippen LogP contribution in [0.5, 0.6) is 0 Å². The van der Waals surface area contributed by atoms with Gasteiger partial charge in [-0.15, -0.1) is 5.73 Å². The van der Waals surface area contributed by atoms with Gasteiger partial charge in [-0.25, -0.2) is 8.42 Å². The van der Waals surface area contributed by atoms with Gasteiger partial charge in [-0.05, 0) is 25.0 Å². The molecule has 0 saturated heterocycles. The van der Waals surface area contributed by atoms with Gasteiger partial charge in [0.2, 0.25) is 9.84 Å². The molecular formula is C12H14O3S. The summed E-state index contributed by atoms with van der Waals surface area (Å²) in [6.45, 7) is 3.34. The standard InChI is InChI=1S/C12H14O3S/c1-2-11(9-6-10-13)16(14,15)12-7-4-3-5-8-12/h3-5,7-8,13H,1,6,9-10H2. The second kappa shape index (κ2) is 5.66. The molecule has 0 aromatic heterocycles. The number of rotatable bonds is 5. The topological polar surface area (TPSA) is 54.4 Å². The average Bonchev–Trinajstić information content (AvgIpc) is 2.31. The molecule has 0 amide bonds. The Morgan fingerprint density at radius 2 is 1.94 bits per heavy atom. The van der Waals surface area contributed by atoms with Gasteiger partial charge in [-0.1, -0.05) is 24.8 Å². The number of aliphatic hydroxyl groups is 1. The zero-order valence-corrected chi connectivity index (χ0v) is 9.70. The molecule has 86 valence electrons. The van der Waals surface area contributed by atoms with Gasteiger partial charge in [0.25, 0.3) is 0 Å². The molecule has 0 fully saturated rings. The highest BCUT2D eigenvalue weighted by Gasteiger charge is 2.19. The fourth-order valence-electron chi connectivity index (χ4n) is 1.30. The summed E-state index contributed by atoms with van der Waals surface area (Å²) in [5, 5.41) is 8.69. The SMILES string of the molecule is C=C=C(CCCO)S(=O)(=O)c1ccccc1. The Bertz CT molecular complexity index is 482. The van der Waals surface area contributed by atoms with E-state index >= 15 is 0 Å². The van der Waals surface area contributed by atoms with Crippen LogP contribution in [-0.4, -0.2) is 20.1 Å². The van der Waals surface area contributed by atoms with E-state index in [0.29, 0.717) is 6.42 Å². The van der Waals surface area contributed by atoms with E-state index in [1.165, 1.54) is 12.1 Å². The first-order valence-electron chi connectivity index (χ1n) is 4.93. The van der Waals surface area contributed by atoms with E-state index in [-0.39, 0.29) is 22.8 Å².